The summed E-state index contributed by atoms with van der Waals surface area (Å²) in [6.45, 7) is -1.15. The maximum atomic E-state index is 12.0. The molecule has 12 nitrogen and oxygen atoms in total. The van der Waals surface area contributed by atoms with Crippen LogP contribution in [0.1, 0.15) is 13.3 Å². The average Bonchev–Trinajstić information content (AvgIpc) is 2.59. The quantitative estimate of drug-likeness (QED) is 0.186. The fourth-order valence-corrected chi connectivity index (χ4v) is 2.47. The van der Waals surface area contributed by atoms with Crippen molar-refractivity contribution in [2.75, 3.05) is 19.8 Å². The lowest BCUT2D eigenvalue weighted by atomic mass is 9.88. The zero-order chi connectivity index (χ0) is 20.1. The molecule has 0 radical (unpaired) electrons. The second kappa shape index (κ2) is 9.53. The van der Waals surface area contributed by atoms with E-state index in [4.69, 9.17) is 14.9 Å². The van der Waals surface area contributed by atoms with Gasteiger partial charge in [-0.15, -0.1) is 0 Å². The minimum Gasteiger partial charge on any atom is -0.459 e. The highest BCUT2D eigenvalue weighted by molar-refractivity contribution is 5.78. The Hall–Kier alpha value is -1.38. The van der Waals surface area contributed by atoms with Crippen LogP contribution in [0.15, 0.2) is 0 Å². The van der Waals surface area contributed by atoms with Crippen LogP contribution in [0.5, 0.6) is 0 Å². The van der Waals surface area contributed by atoms with E-state index >= 15 is 0 Å². The molecule has 0 spiro atoms. The van der Waals surface area contributed by atoms with Crippen LogP contribution in [-0.2, 0) is 19.1 Å². The Labute approximate surface area is 148 Å². The van der Waals surface area contributed by atoms with Crippen molar-refractivity contribution < 1.29 is 54.8 Å². The molecule has 12 heteroatoms. The van der Waals surface area contributed by atoms with Crippen molar-refractivity contribution in [3.05, 3.63) is 0 Å². The molecule has 1 unspecified atom stereocenters. The molecule has 1 amide bonds. The summed E-state index contributed by atoms with van der Waals surface area (Å²) in [6.07, 6.45) is -9.04. The van der Waals surface area contributed by atoms with Gasteiger partial charge >= 0.3 is 5.97 Å². The largest absolute Gasteiger partial charge is 0.459 e. The molecule has 1 heterocycles. The summed E-state index contributed by atoms with van der Waals surface area (Å²) in [5.74, 6) is -4.79. The van der Waals surface area contributed by atoms with Crippen molar-refractivity contribution in [3.8, 4) is 0 Å². The molecule has 0 aromatic carbocycles. The normalized spacial score (nSPS) is 32.4. The Balaban J connectivity index is 3.01. The summed E-state index contributed by atoms with van der Waals surface area (Å²) < 4.78 is 9.71. The van der Waals surface area contributed by atoms with E-state index < -0.39 is 80.5 Å². The second-order valence-corrected chi connectivity index (χ2v) is 6.04. The van der Waals surface area contributed by atoms with Gasteiger partial charge < -0.3 is 50.5 Å². The van der Waals surface area contributed by atoms with Crippen molar-refractivity contribution in [1.29, 1.82) is 0 Å². The zero-order valence-electron chi connectivity index (χ0n) is 14.1. The fourth-order valence-electron chi connectivity index (χ4n) is 2.47. The molecule has 8 N–H and O–H groups in total. The molecular formula is C14H25NO11. The maximum absolute atomic E-state index is 12.0. The van der Waals surface area contributed by atoms with Crippen LogP contribution in [0.2, 0.25) is 0 Å². The lowest BCUT2D eigenvalue weighted by molar-refractivity contribution is -0.298. The van der Waals surface area contributed by atoms with Gasteiger partial charge in [0, 0.05) is 13.3 Å². The number of carbonyl (C=O) groups is 2. The first kappa shape index (κ1) is 22.7. The number of esters is 1. The Kier molecular flexibility index (Phi) is 8.30. The maximum Gasteiger partial charge on any atom is 0.366 e. The fraction of sp³-hybridized carbons (Fsp3) is 0.857. The van der Waals surface area contributed by atoms with E-state index in [2.05, 4.69) is 10.1 Å². The van der Waals surface area contributed by atoms with E-state index in [0.29, 0.717) is 0 Å². The van der Waals surface area contributed by atoms with Crippen LogP contribution < -0.4 is 5.32 Å². The van der Waals surface area contributed by atoms with Crippen molar-refractivity contribution in [2.24, 2.45) is 0 Å². The summed E-state index contributed by atoms with van der Waals surface area (Å²) in [6, 6.07) is -1.31. The van der Waals surface area contributed by atoms with Crippen LogP contribution >= 0.6 is 0 Å². The lowest BCUT2D eigenvalue weighted by Crippen LogP contribution is -2.67. The first-order valence-corrected chi connectivity index (χ1v) is 7.84. The van der Waals surface area contributed by atoms with Gasteiger partial charge in [-0.2, -0.15) is 0 Å². The molecule has 0 bridgehead atoms. The molecular weight excluding hydrogens is 358 g/mol. The topological polar surface area (TPSA) is 206 Å². The smallest absolute Gasteiger partial charge is 0.366 e. The van der Waals surface area contributed by atoms with Crippen molar-refractivity contribution in [3.63, 3.8) is 0 Å². The molecule has 1 aliphatic rings. The van der Waals surface area contributed by atoms with E-state index in [9.17, 15) is 35.1 Å². The van der Waals surface area contributed by atoms with E-state index in [1.54, 1.807) is 0 Å². The third-order valence-electron chi connectivity index (χ3n) is 3.81. The Morgan fingerprint density at radius 2 is 1.88 bits per heavy atom. The summed E-state index contributed by atoms with van der Waals surface area (Å²) in [5.41, 5.74) is 0. The number of ether oxygens (including phenoxy) is 2. The number of rotatable bonds is 8. The predicted molar refractivity (Wildman–Crippen MR) is 81.2 cm³/mol. The zero-order valence-corrected chi connectivity index (χ0v) is 14.1. The Morgan fingerprint density at radius 1 is 1.27 bits per heavy atom. The molecule has 1 aliphatic heterocycles. The van der Waals surface area contributed by atoms with Gasteiger partial charge in [0.2, 0.25) is 5.91 Å². The van der Waals surface area contributed by atoms with E-state index in [1.807, 2.05) is 0 Å². The third-order valence-corrected chi connectivity index (χ3v) is 3.81. The van der Waals surface area contributed by atoms with Crippen LogP contribution in [0.25, 0.3) is 0 Å². The van der Waals surface area contributed by atoms with Gasteiger partial charge in [0.25, 0.3) is 5.79 Å². The van der Waals surface area contributed by atoms with E-state index in [-0.39, 0.29) is 0 Å². The van der Waals surface area contributed by atoms with Gasteiger partial charge in [-0.3, -0.25) is 4.79 Å². The Morgan fingerprint density at radius 3 is 2.38 bits per heavy atom. The monoisotopic (exact) mass is 383 g/mol. The number of nitrogens with one attached hydrogen (secondary N) is 1. The highest BCUT2D eigenvalue weighted by Gasteiger charge is 2.54. The number of carbonyl (C=O) groups excluding carboxylic acids is 2. The minimum absolute atomic E-state index is 0.618. The van der Waals surface area contributed by atoms with Crippen LogP contribution in [0.4, 0.5) is 0 Å². The first-order valence-electron chi connectivity index (χ1n) is 7.84. The van der Waals surface area contributed by atoms with Crippen LogP contribution in [0, 0.1) is 0 Å². The molecule has 1 rings (SSSR count). The van der Waals surface area contributed by atoms with E-state index in [0.717, 1.165) is 6.92 Å². The molecule has 0 saturated carbocycles. The number of hydrogen-bond donors (Lipinski definition) is 8. The van der Waals surface area contributed by atoms with Gasteiger partial charge in [-0.25, -0.2) is 4.79 Å². The van der Waals surface area contributed by atoms with Gasteiger partial charge in [0.05, 0.1) is 25.4 Å². The molecule has 26 heavy (non-hydrogen) atoms. The standard InChI is InChI=1S/C14H25NO11/c1-6(18)15-10-8(20)2-14(24,13(23)25-5-7(19)3-16)26-12(10)11(22)9(21)4-17/h7-12,16-17,19-22,24H,2-5H2,1H3,(H,15,18)/t7?,8-,9+,10+,11+,12+,14-/m0/s1. The number of amides is 1. The predicted octanol–water partition coefficient (Wildman–Crippen LogP) is -5.06. The highest BCUT2D eigenvalue weighted by atomic mass is 16.7. The Bertz CT molecular complexity index is 490. The molecule has 0 aromatic heterocycles. The SMILES string of the molecule is CC(=O)N[C@H]1[C@H]([C@H](O)[C@H](O)CO)O[C@](O)(C(=O)OCC(O)CO)C[C@@H]1O. The number of aliphatic hydroxyl groups excluding tert-OH is 6. The first-order chi connectivity index (χ1) is 12.1. The minimum atomic E-state index is -2.76. The molecule has 1 fully saturated rings. The number of aliphatic hydroxyl groups is 7. The van der Waals surface area contributed by atoms with E-state index in [1.165, 1.54) is 0 Å². The van der Waals surface area contributed by atoms with Gasteiger partial charge in [0.1, 0.15) is 31.0 Å². The average molecular weight is 383 g/mol. The summed E-state index contributed by atoms with van der Waals surface area (Å²) in [7, 11) is 0. The molecule has 152 valence electrons. The van der Waals surface area contributed by atoms with Crippen LogP contribution in [-0.4, -0.2) is 110 Å². The molecule has 7 atom stereocenters. The molecule has 0 aromatic rings. The van der Waals surface area contributed by atoms with Gasteiger partial charge in [-0.1, -0.05) is 0 Å². The van der Waals surface area contributed by atoms with Crippen molar-refractivity contribution in [2.45, 2.75) is 55.7 Å². The second-order valence-electron chi connectivity index (χ2n) is 6.04. The summed E-state index contributed by atoms with van der Waals surface area (Å²) in [4.78, 5) is 23.3. The molecule has 0 aliphatic carbocycles. The summed E-state index contributed by atoms with van der Waals surface area (Å²) in [5, 5.41) is 69.3. The van der Waals surface area contributed by atoms with Gasteiger partial charge in [-0.05, 0) is 0 Å². The van der Waals surface area contributed by atoms with Crippen molar-refractivity contribution >= 4 is 11.9 Å². The number of hydrogen-bond acceptors (Lipinski definition) is 11. The molecule has 1 saturated heterocycles. The lowest BCUT2D eigenvalue weighted by Gasteiger charge is -2.45. The van der Waals surface area contributed by atoms with Crippen LogP contribution in [0.3, 0.4) is 0 Å². The van der Waals surface area contributed by atoms with Gasteiger partial charge in [0.15, 0.2) is 0 Å². The highest BCUT2D eigenvalue weighted by Crippen LogP contribution is 2.31. The third kappa shape index (κ3) is 5.56. The summed E-state index contributed by atoms with van der Waals surface area (Å²) >= 11 is 0. The van der Waals surface area contributed by atoms with Crippen molar-refractivity contribution in [1.82, 2.24) is 5.32 Å².